The van der Waals surface area contributed by atoms with Crippen molar-refractivity contribution >= 4 is 17.6 Å². The van der Waals surface area contributed by atoms with Gasteiger partial charge in [-0.25, -0.2) is 9.59 Å². The summed E-state index contributed by atoms with van der Waals surface area (Å²) in [4.78, 5) is 32.1. The molecule has 0 bridgehead atoms. The van der Waals surface area contributed by atoms with Crippen LogP contribution >= 0.6 is 0 Å². The van der Waals surface area contributed by atoms with Gasteiger partial charge < -0.3 is 10.2 Å². The van der Waals surface area contributed by atoms with E-state index in [1.165, 1.54) is 0 Å². The zero-order valence-corrected chi connectivity index (χ0v) is 10.6. The van der Waals surface area contributed by atoms with Gasteiger partial charge in [0, 0.05) is 0 Å². The second kappa shape index (κ2) is 4.68. The van der Waals surface area contributed by atoms with E-state index < -0.39 is 39.1 Å². The quantitative estimate of drug-likeness (QED) is 0.640. The number of nitro benzene ring substituents is 1. The fourth-order valence-electron chi connectivity index (χ4n) is 1.59. The molecule has 0 heterocycles. The zero-order chi connectivity index (χ0) is 15.0. The molecule has 0 aromatic heterocycles. The lowest BCUT2D eigenvalue weighted by atomic mass is 9.84. The van der Waals surface area contributed by atoms with Gasteiger partial charge in [-0.2, -0.15) is 0 Å². The summed E-state index contributed by atoms with van der Waals surface area (Å²) in [7, 11) is 0. The van der Waals surface area contributed by atoms with Crippen LogP contribution in [0, 0.1) is 10.1 Å². The number of benzene rings is 1. The summed E-state index contributed by atoms with van der Waals surface area (Å²) in [6.45, 7) is 5.27. The van der Waals surface area contributed by atoms with Crippen LogP contribution in [0.5, 0.6) is 0 Å². The monoisotopic (exact) mass is 267 g/mol. The van der Waals surface area contributed by atoms with Gasteiger partial charge in [0.1, 0.15) is 11.1 Å². The van der Waals surface area contributed by atoms with E-state index in [2.05, 4.69) is 0 Å². The van der Waals surface area contributed by atoms with E-state index >= 15 is 0 Å². The first-order valence-electron chi connectivity index (χ1n) is 5.35. The highest BCUT2D eigenvalue weighted by molar-refractivity contribution is 6.01. The normalized spacial score (nSPS) is 11.1. The summed E-state index contributed by atoms with van der Waals surface area (Å²) in [5.41, 5.74) is -2.24. The Bertz CT molecular complexity index is 535. The number of nitro groups is 1. The van der Waals surface area contributed by atoms with E-state index in [-0.39, 0.29) is 0 Å². The van der Waals surface area contributed by atoms with E-state index in [9.17, 15) is 19.7 Å². The molecule has 19 heavy (non-hydrogen) atoms. The maximum atomic E-state index is 11.1. The van der Waals surface area contributed by atoms with Gasteiger partial charge in [0.25, 0.3) is 5.69 Å². The Balaban J connectivity index is 3.78. The highest BCUT2D eigenvalue weighted by Crippen LogP contribution is 2.31. The van der Waals surface area contributed by atoms with Gasteiger partial charge in [-0.1, -0.05) is 20.8 Å². The molecule has 0 atom stereocenters. The van der Waals surface area contributed by atoms with Crippen molar-refractivity contribution in [3.8, 4) is 0 Å². The first kappa shape index (κ1) is 14.6. The van der Waals surface area contributed by atoms with Crippen molar-refractivity contribution in [1.82, 2.24) is 0 Å². The molecular formula is C12H13NO6. The third kappa shape index (κ3) is 2.87. The van der Waals surface area contributed by atoms with Crippen molar-refractivity contribution in [2.45, 2.75) is 26.2 Å². The highest BCUT2D eigenvalue weighted by Gasteiger charge is 2.31. The third-order valence-electron chi connectivity index (χ3n) is 2.62. The van der Waals surface area contributed by atoms with Crippen LogP contribution in [0.1, 0.15) is 47.1 Å². The van der Waals surface area contributed by atoms with Crippen molar-refractivity contribution in [2.24, 2.45) is 0 Å². The fraction of sp³-hybridized carbons (Fsp3) is 0.333. The molecule has 0 aliphatic heterocycles. The number of aromatic carboxylic acids is 2. The molecule has 0 fully saturated rings. The summed E-state index contributed by atoms with van der Waals surface area (Å²) in [6, 6.07) is 2.29. The summed E-state index contributed by atoms with van der Waals surface area (Å²) in [6.07, 6.45) is 0. The minimum absolute atomic E-state index is 0.410. The molecule has 0 radical (unpaired) electrons. The van der Waals surface area contributed by atoms with Crippen LogP contribution in [0.3, 0.4) is 0 Å². The van der Waals surface area contributed by atoms with Crippen LogP contribution in [-0.4, -0.2) is 27.1 Å². The average molecular weight is 267 g/mol. The summed E-state index contributed by atoms with van der Waals surface area (Å²) < 4.78 is 0. The Labute approximate surface area is 108 Å². The Kier molecular flexibility index (Phi) is 3.60. The number of carboxylic acid groups (broad SMARTS) is 2. The minimum atomic E-state index is -1.53. The lowest BCUT2D eigenvalue weighted by Gasteiger charge is -2.20. The standard InChI is InChI=1S/C12H13NO6/c1-12(2,3)6-4-7(10(14)15)9(13(18)19)8(5-6)11(16)17/h4-5H,1-3H3,(H,14,15)(H,16,17). The first-order chi connectivity index (χ1) is 8.55. The molecule has 1 rings (SSSR count). The van der Waals surface area contributed by atoms with E-state index in [0.717, 1.165) is 12.1 Å². The van der Waals surface area contributed by atoms with Crippen LogP contribution in [-0.2, 0) is 5.41 Å². The van der Waals surface area contributed by atoms with Crippen molar-refractivity contribution in [1.29, 1.82) is 0 Å². The van der Waals surface area contributed by atoms with Crippen molar-refractivity contribution in [3.63, 3.8) is 0 Å². The number of carboxylic acids is 2. The van der Waals surface area contributed by atoms with Crippen molar-refractivity contribution in [2.75, 3.05) is 0 Å². The van der Waals surface area contributed by atoms with Gasteiger partial charge in [0.15, 0.2) is 0 Å². The van der Waals surface area contributed by atoms with Gasteiger partial charge in [-0.05, 0) is 23.1 Å². The molecule has 0 saturated heterocycles. The molecule has 0 amide bonds. The number of carbonyl (C=O) groups is 2. The van der Waals surface area contributed by atoms with Crippen LogP contribution < -0.4 is 0 Å². The summed E-state index contributed by atoms with van der Waals surface area (Å²) in [5.74, 6) is -3.06. The second-order valence-electron chi connectivity index (χ2n) is 5.04. The van der Waals surface area contributed by atoms with E-state index in [1.807, 2.05) is 0 Å². The number of hydrogen-bond donors (Lipinski definition) is 2. The number of rotatable bonds is 3. The van der Waals surface area contributed by atoms with Crippen molar-refractivity contribution < 1.29 is 24.7 Å². The van der Waals surface area contributed by atoms with Crippen molar-refractivity contribution in [3.05, 3.63) is 38.9 Å². The smallest absolute Gasteiger partial charge is 0.342 e. The van der Waals surface area contributed by atoms with E-state index in [0.29, 0.717) is 5.56 Å². The molecule has 1 aromatic carbocycles. The van der Waals surface area contributed by atoms with Gasteiger partial charge in [-0.15, -0.1) is 0 Å². The molecule has 0 saturated carbocycles. The van der Waals surface area contributed by atoms with Gasteiger partial charge in [-0.3, -0.25) is 10.1 Å². The molecule has 7 heteroatoms. The molecule has 0 spiro atoms. The zero-order valence-electron chi connectivity index (χ0n) is 10.6. The number of hydrogen-bond acceptors (Lipinski definition) is 4. The van der Waals surface area contributed by atoms with Gasteiger partial charge in [0.05, 0.1) is 4.92 Å². The van der Waals surface area contributed by atoms with Crippen LogP contribution in [0.4, 0.5) is 5.69 Å². The Morgan fingerprint density at radius 3 is 1.68 bits per heavy atom. The molecule has 7 nitrogen and oxygen atoms in total. The largest absolute Gasteiger partial charge is 0.477 e. The SMILES string of the molecule is CC(C)(C)c1cc(C(=O)O)c([N+](=O)[O-])c(C(=O)O)c1. The predicted molar refractivity (Wildman–Crippen MR) is 65.7 cm³/mol. The predicted octanol–water partition coefficient (Wildman–Crippen LogP) is 2.29. The minimum Gasteiger partial charge on any atom is -0.477 e. The third-order valence-corrected chi connectivity index (χ3v) is 2.62. The second-order valence-corrected chi connectivity index (χ2v) is 5.04. The first-order valence-corrected chi connectivity index (χ1v) is 5.35. The molecule has 0 unspecified atom stereocenters. The van der Waals surface area contributed by atoms with Crippen LogP contribution in [0.15, 0.2) is 12.1 Å². The Morgan fingerprint density at radius 2 is 1.47 bits per heavy atom. The highest BCUT2D eigenvalue weighted by atomic mass is 16.6. The maximum Gasteiger partial charge on any atom is 0.342 e. The Morgan fingerprint density at radius 1 is 1.11 bits per heavy atom. The summed E-state index contributed by atoms with van der Waals surface area (Å²) in [5, 5.41) is 28.9. The lowest BCUT2D eigenvalue weighted by Crippen LogP contribution is -2.17. The van der Waals surface area contributed by atoms with Gasteiger partial charge >= 0.3 is 11.9 Å². The van der Waals surface area contributed by atoms with Crippen LogP contribution in [0.2, 0.25) is 0 Å². The summed E-state index contributed by atoms with van der Waals surface area (Å²) >= 11 is 0. The Hall–Kier alpha value is -2.44. The average Bonchev–Trinajstić information content (AvgIpc) is 2.25. The molecule has 2 N–H and O–H groups in total. The molecular weight excluding hydrogens is 254 g/mol. The fourth-order valence-corrected chi connectivity index (χ4v) is 1.59. The van der Waals surface area contributed by atoms with E-state index in [4.69, 9.17) is 10.2 Å². The molecule has 0 aliphatic carbocycles. The van der Waals surface area contributed by atoms with Gasteiger partial charge in [0.2, 0.25) is 0 Å². The maximum absolute atomic E-state index is 11.1. The molecule has 1 aromatic rings. The topological polar surface area (TPSA) is 118 Å². The van der Waals surface area contributed by atoms with Crippen LogP contribution in [0.25, 0.3) is 0 Å². The number of nitrogens with zero attached hydrogens (tertiary/aromatic N) is 1. The van der Waals surface area contributed by atoms with E-state index in [1.54, 1.807) is 20.8 Å². The lowest BCUT2D eigenvalue weighted by molar-refractivity contribution is -0.385. The molecule has 0 aliphatic rings. The molecule has 102 valence electrons.